The second-order valence-electron chi connectivity index (χ2n) is 6.22. The van der Waals surface area contributed by atoms with E-state index in [1.54, 1.807) is 0 Å². The number of rotatable bonds is 4. The Hall–Kier alpha value is -1.64. The second-order valence-corrected chi connectivity index (χ2v) is 6.22. The molecule has 110 valence electrons. The van der Waals surface area contributed by atoms with Gasteiger partial charge in [0.1, 0.15) is 0 Å². The molecule has 2 aromatic rings. The molecule has 2 heteroatoms. The first-order chi connectivity index (χ1) is 10.2. The Morgan fingerprint density at radius 1 is 1.05 bits per heavy atom. The lowest BCUT2D eigenvalue weighted by atomic mass is 9.82. The smallest absolute Gasteiger partial charge is 0.0909 e. The van der Waals surface area contributed by atoms with Crippen molar-refractivity contribution in [2.75, 3.05) is 13.1 Å². The SMILES string of the molecule is CC(O)(c1ccccc1)C1CCN(Cc2ccccc2)C1. The van der Waals surface area contributed by atoms with Crippen LogP contribution in [0.25, 0.3) is 0 Å². The van der Waals surface area contributed by atoms with Gasteiger partial charge in [-0.2, -0.15) is 0 Å². The van der Waals surface area contributed by atoms with E-state index in [9.17, 15) is 5.11 Å². The van der Waals surface area contributed by atoms with Crippen LogP contribution in [0.15, 0.2) is 60.7 Å². The molecule has 1 aliphatic heterocycles. The highest BCUT2D eigenvalue weighted by molar-refractivity contribution is 5.23. The number of nitrogens with zero attached hydrogens (tertiary/aromatic N) is 1. The molecule has 0 amide bonds. The summed E-state index contributed by atoms with van der Waals surface area (Å²) in [5, 5.41) is 10.9. The van der Waals surface area contributed by atoms with Gasteiger partial charge in [-0.05, 0) is 31.0 Å². The van der Waals surface area contributed by atoms with Crippen molar-refractivity contribution in [3.63, 3.8) is 0 Å². The fourth-order valence-electron chi connectivity index (χ4n) is 3.29. The van der Waals surface area contributed by atoms with Crippen molar-refractivity contribution in [2.24, 2.45) is 5.92 Å². The first kappa shape index (κ1) is 14.3. The minimum Gasteiger partial charge on any atom is -0.385 e. The van der Waals surface area contributed by atoms with Crippen molar-refractivity contribution in [3.05, 3.63) is 71.8 Å². The number of hydrogen-bond donors (Lipinski definition) is 1. The van der Waals surface area contributed by atoms with Crippen LogP contribution in [-0.2, 0) is 12.1 Å². The fourth-order valence-corrected chi connectivity index (χ4v) is 3.29. The Morgan fingerprint density at radius 3 is 2.33 bits per heavy atom. The molecule has 1 fully saturated rings. The summed E-state index contributed by atoms with van der Waals surface area (Å²) in [6.45, 7) is 4.94. The molecular weight excluding hydrogens is 258 g/mol. The molecule has 2 unspecified atom stereocenters. The molecule has 1 heterocycles. The lowest BCUT2D eigenvalue weighted by Crippen LogP contribution is -2.34. The van der Waals surface area contributed by atoms with Crippen LogP contribution in [0.3, 0.4) is 0 Å². The van der Waals surface area contributed by atoms with Crippen LogP contribution < -0.4 is 0 Å². The average Bonchev–Trinajstić information content (AvgIpc) is 2.98. The molecule has 0 aromatic heterocycles. The molecule has 1 N–H and O–H groups in total. The quantitative estimate of drug-likeness (QED) is 0.928. The maximum atomic E-state index is 10.9. The van der Waals surface area contributed by atoms with Crippen LogP contribution >= 0.6 is 0 Å². The predicted molar refractivity (Wildman–Crippen MR) is 85.8 cm³/mol. The fraction of sp³-hybridized carbons (Fsp3) is 0.368. The normalized spacial score (nSPS) is 22.1. The van der Waals surface area contributed by atoms with Crippen LogP contribution in [0, 0.1) is 5.92 Å². The third kappa shape index (κ3) is 3.17. The lowest BCUT2D eigenvalue weighted by Gasteiger charge is -2.31. The summed E-state index contributed by atoms with van der Waals surface area (Å²) in [6, 6.07) is 20.6. The molecule has 0 bridgehead atoms. The minimum atomic E-state index is -0.743. The van der Waals surface area contributed by atoms with E-state index >= 15 is 0 Å². The second kappa shape index (κ2) is 6.00. The summed E-state index contributed by atoms with van der Waals surface area (Å²) in [7, 11) is 0. The van der Waals surface area contributed by atoms with E-state index in [4.69, 9.17) is 0 Å². The van der Waals surface area contributed by atoms with Crippen LogP contribution in [0.2, 0.25) is 0 Å². The van der Waals surface area contributed by atoms with E-state index in [2.05, 4.69) is 35.2 Å². The minimum absolute atomic E-state index is 0.295. The lowest BCUT2D eigenvalue weighted by molar-refractivity contribution is -0.00231. The van der Waals surface area contributed by atoms with Crippen molar-refractivity contribution < 1.29 is 5.11 Å². The molecule has 0 radical (unpaired) electrons. The van der Waals surface area contributed by atoms with Crippen molar-refractivity contribution in [3.8, 4) is 0 Å². The van der Waals surface area contributed by atoms with E-state index in [-0.39, 0.29) is 0 Å². The first-order valence-corrected chi connectivity index (χ1v) is 7.70. The first-order valence-electron chi connectivity index (χ1n) is 7.70. The molecule has 3 rings (SSSR count). The number of hydrogen-bond acceptors (Lipinski definition) is 2. The van der Waals surface area contributed by atoms with Gasteiger partial charge >= 0.3 is 0 Å². The third-order valence-electron chi connectivity index (χ3n) is 4.67. The van der Waals surface area contributed by atoms with Gasteiger partial charge in [-0.1, -0.05) is 60.7 Å². The van der Waals surface area contributed by atoms with Gasteiger partial charge in [0.2, 0.25) is 0 Å². The highest BCUT2D eigenvalue weighted by atomic mass is 16.3. The van der Waals surface area contributed by atoms with Crippen molar-refractivity contribution in [1.82, 2.24) is 4.90 Å². The van der Waals surface area contributed by atoms with E-state index in [0.717, 1.165) is 31.6 Å². The molecule has 2 aromatic carbocycles. The Kier molecular flexibility index (Phi) is 4.09. The van der Waals surface area contributed by atoms with Gasteiger partial charge < -0.3 is 5.11 Å². The predicted octanol–water partition coefficient (Wildman–Crippen LogP) is 3.42. The maximum absolute atomic E-state index is 10.9. The zero-order valence-electron chi connectivity index (χ0n) is 12.6. The molecule has 0 aliphatic carbocycles. The van der Waals surface area contributed by atoms with Crippen LogP contribution in [0.4, 0.5) is 0 Å². The molecule has 0 spiro atoms. The molecule has 21 heavy (non-hydrogen) atoms. The summed E-state index contributed by atoms with van der Waals surface area (Å²) >= 11 is 0. The monoisotopic (exact) mass is 281 g/mol. The molecule has 0 saturated carbocycles. The van der Waals surface area contributed by atoms with Gasteiger partial charge in [-0.25, -0.2) is 0 Å². The Balaban J connectivity index is 1.67. The third-order valence-corrected chi connectivity index (χ3v) is 4.67. The van der Waals surface area contributed by atoms with Gasteiger partial charge in [0, 0.05) is 19.0 Å². The Morgan fingerprint density at radius 2 is 1.67 bits per heavy atom. The van der Waals surface area contributed by atoms with E-state index in [0.29, 0.717) is 5.92 Å². The van der Waals surface area contributed by atoms with Crippen molar-refractivity contribution in [1.29, 1.82) is 0 Å². The molecular formula is C19H23NO. The highest BCUT2D eigenvalue weighted by Gasteiger charge is 2.38. The molecule has 1 aliphatic rings. The number of likely N-dealkylation sites (tertiary alicyclic amines) is 1. The van der Waals surface area contributed by atoms with E-state index < -0.39 is 5.60 Å². The summed E-state index contributed by atoms with van der Waals surface area (Å²) < 4.78 is 0. The molecule has 1 saturated heterocycles. The number of benzene rings is 2. The van der Waals surface area contributed by atoms with Crippen molar-refractivity contribution in [2.45, 2.75) is 25.5 Å². The standard InChI is InChI=1S/C19H23NO/c1-19(21,17-10-6-3-7-11-17)18-12-13-20(15-18)14-16-8-4-2-5-9-16/h2-11,18,21H,12-15H2,1H3. The van der Waals surface area contributed by atoms with Gasteiger partial charge in [-0.15, -0.1) is 0 Å². The molecule has 2 atom stereocenters. The van der Waals surface area contributed by atoms with Gasteiger partial charge in [-0.3, -0.25) is 4.90 Å². The molecule has 2 nitrogen and oxygen atoms in total. The van der Waals surface area contributed by atoms with Crippen LogP contribution in [0.5, 0.6) is 0 Å². The summed E-state index contributed by atoms with van der Waals surface area (Å²) in [5.41, 5.74) is 1.63. The largest absolute Gasteiger partial charge is 0.385 e. The summed E-state index contributed by atoms with van der Waals surface area (Å²) in [6.07, 6.45) is 1.05. The van der Waals surface area contributed by atoms with Crippen LogP contribution in [-0.4, -0.2) is 23.1 Å². The van der Waals surface area contributed by atoms with Gasteiger partial charge in [0.15, 0.2) is 0 Å². The van der Waals surface area contributed by atoms with Crippen molar-refractivity contribution >= 4 is 0 Å². The Bertz CT molecular complexity index is 565. The van der Waals surface area contributed by atoms with Gasteiger partial charge in [0.05, 0.1) is 5.60 Å². The number of aliphatic hydroxyl groups is 1. The van der Waals surface area contributed by atoms with Gasteiger partial charge in [0.25, 0.3) is 0 Å². The maximum Gasteiger partial charge on any atom is 0.0909 e. The summed E-state index contributed by atoms with van der Waals surface area (Å²) in [5.74, 6) is 0.295. The zero-order chi connectivity index (χ0) is 14.7. The summed E-state index contributed by atoms with van der Waals surface area (Å²) in [4.78, 5) is 2.44. The Labute approximate surface area is 127 Å². The van der Waals surface area contributed by atoms with E-state index in [1.807, 2.05) is 37.3 Å². The average molecular weight is 281 g/mol. The van der Waals surface area contributed by atoms with Crippen LogP contribution in [0.1, 0.15) is 24.5 Å². The zero-order valence-corrected chi connectivity index (χ0v) is 12.6. The highest BCUT2D eigenvalue weighted by Crippen LogP contribution is 2.35. The topological polar surface area (TPSA) is 23.5 Å². The van der Waals surface area contributed by atoms with E-state index in [1.165, 1.54) is 5.56 Å².